The molecule has 0 fully saturated rings. The minimum Gasteiger partial charge on any atom is -0.386 e. The van der Waals surface area contributed by atoms with Crippen LogP contribution in [0.2, 0.25) is 0 Å². The van der Waals surface area contributed by atoms with Crippen LogP contribution in [0, 0.1) is 17.3 Å². The van der Waals surface area contributed by atoms with Gasteiger partial charge in [0, 0.05) is 31.9 Å². The Morgan fingerprint density at radius 1 is 1.25 bits per heavy atom. The van der Waals surface area contributed by atoms with Crippen molar-refractivity contribution in [2.45, 2.75) is 0 Å². The van der Waals surface area contributed by atoms with E-state index >= 15 is 0 Å². The number of amides is 1. The van der Waals surface area contributed by atoms with Gasteiger partial charge in [0.2, 0.25) is 0 Å². The van der Waals surface area contributed by atoms with E-state index in [4.69, 9.17) is 0 Å². The molecule has 9 heteroatoms. The van der Waals surface area contributed by atoms with Gasteiger partial charge in [-0.15, -0.1) is 0 Å². The minimum atomic E-state index is -0.548. The minimum absolute atomic E-state index is 0.140. The highest BCUT2D eigenvalue weighted by Crippen LogP contribution is 2.25. The van der Waals surface area contributed by atoms with Crippen molar-refractivity contribution < 1.29 is 9.72 Å². The number of hydrazone groups is 1. The second-order valence-corrected chi connectivity index (χ2v) is 6.94. The van der Waals surface area contributed by atoms with Crippen molar-refractivity contribution >= 4 is 68.7 Å². The van der Waals surface area contributed by atoms with Crippen molar-refractivity contribution in [1.82, 2.24) is 5.43 Å². The number of halogens is 2. The standard InChI is InChI=1S/C15H12I2N4O3/c1-18-14-12(16)5-9(6-13(14)17)8-19-20-15(22)10-3-2-4-11(7-10)21(23)24/h2-8,18H,1H3,(H,20,22). The van der Waals surface area contributed by atoms with Gasteiger partial charge >= 0.3 is 0 Å². The van der Waals surface area contributed by atoms with Crippen molar-refractivity contribution in [2.75, 3.05) is 12.4 Å². The van der Waals surface area contributed by atoms with E-state index in [1.54, 1.807) is 0 Å². The van der Waals surface area contributed by atoms with E-state index in [1.165, 1.54) is 30.5 Å². The third-order valence-electron chi connectivity index (χ3n) is 3.01. The topological polar surface area (TPSA) is 96.6 Å². The average Bonchev–Trinajstić information content (AvgIpc) is 2.54. The summed E-state index contributed by atoms with van der Waals surface area (Å²) in [5.74, 6) is -0.508. The highest BCUT2D eigenvalue weighted by atomic mass is 127. The zero-order chi connectivity index (χ0) is 17.7. The molecule has 0 aliphatic rings. The summed E-state index contributed by atoms with van der Waals surface area (Å²) in [5.41, 5.74) is 4.28. The van der Waals surface area contributed by atoms with E-state index in [-0.39, 0.29) is 11.3 Å². The summed E-state index contributed by atoms with van der Waals surface area (Å²) in [5, 5.41) is 17.8. The molecule has 0 aliphatic heterocycles. The summed E-state index contributed by atoms with van der Waals surface area (Å²) in [7, 11) is 1.85. The molecule has 2 N–H and O–H groups in total. The lowest BCUT2D eigenvalue weighted by atomic mass is 10.2. The monoisotopic (exact) mass is 550 g/mol. The highest BCUT2D eigenvalue weighted by Gasteiger charge is 2.10. The first-order valence-electron chi connectivity index (χ1n) is 6.67. The smallest absolute Gasteiger partial charge is 0.271 e. The van der Waals surface area contributed by atoms with Crippen LogP contribution < -0.4 is 10.7 Å². The Hall–Kier alpha value is -1.76. The largest absolute Gasteiger partial charge is 0.386 e. The maximum absolute atomic E-state index is 12.0. The predicted octanol–water partition coefficient (Wildman–Crippen LogP) is 3.61. The second kappa shape index (κ2) is 8.37. The summed E-state index contributed by atoms with van der Waals surface area (Å²) in [6, 6.07) is 9.34. The van der Waals surface area contributed by atoms with Gasteiger partial charge < -0.3 is 5.32 Å². The Morgan fingerprint density at radius 2 is 1.92 bits per heavy atom. The van der Waals surface area contributed by atoms with Crippen LogP contribution in [-0.2, 0) is 0 Å². The van der Waals surface area contributed by atoms with Crippen LogP contribution in [0.15, 0.2) is 41.5 Å². The third kappa shape index (κ3) is 4.63. The first-order chi connectivity index (χ1) is 11.4. The number of non-ortho nitro benzene ring substituents is 1. The SMILES string of the molecule is CNc1c(I)cc(C=NNC(=O)c2cccc([N+](=O)[O-])c2)cc1I. The van der Waals surface area contributed by atoms with Gasteiger partial charge in [0.25, 0.3) is 11.6 Å². The van der Waals surface area contributed by atoms with E-state index in [2.05, 4.69) is 61.0 Å². The molecule has 7 nitrogen and oxygen atoms in total. The van der Waals surface area contributed by atoms with Gasteiger partial charge in [0.05, 0.1) is 16.8 Å². The molecule has 1 amide bonds. The van der Waals surface area contributed by atoms with Crippen LogP contribution in [-0.4, -0.2) is 24.1 Å². The molecule has 0 radical (unpaired) electrons. The molecular weight excluding hydrogens is 538 g/mol. The molecule has 0 aliphatic carbocycles. The van der Waals surface area contributed by atoms with Crippen molar-refractivity contribution in [3.8, 4) is 0 Å². The number of rotatable bonds is 5. The van der Waals surface area contributed by atoms with E-state index in [0.717, 1.165) is 18.4 Å². The van der Waals surface area contributed by atoms with Crippen LogP contribution in [0.25, 0.3) is 0 Å². The highest BCUT2D eigenvalue weighted by molar-refractivity contribution is 14.1. The Morgan fingerprint density at radius 3 is 2.50 bits per heavy atom. The van der Waals surface area contributed by atoms with Crippen molar-refractivity contribution in [3.63, 3.8) is 0 Å². The summed E-state index contributed by atoms with van der Waals surface area (Å²) in [4.78, 5) is 22.2. The normalized spacial score (nSPS) is 10.6. The molecule has 0 saturated heterocycles. The molecule has 124 valence electrons. The van der Waals surface area contributed by atoms with E-state index in [9.17, 15) is 14.9 Å². The zero-order valence-electron chi connectivity index (χ0n) is 12.4. The molecule has 0 aromatic heterocycles. The Labute approximate surface area is 165 Å². The van der Waals surface area contributed by atoms with Gasteiger partial charge in [-0.3, -0.25) is 14.9 Å². The van der Waals surface area contributed by atoms with Gasteiger partial charge in [-0.25, -0.2) is 5.43 Å². The summed E-state index contributed by atoms with van der Waals surface area (Å²) in [6.07, 6.45) is 1.53. The van der Waals surface area contributed by atoms with Crippen molar-refractivity contribution in [3.05, 3.63) is 64.8 Å². The van der Waals surface area contributed by atoms with Crippen LogP contribution in [0.5, 0.6) is 0 Å². The third-order valence-corrected chi connectivity index (χ3v) is 4.71. The lowest BCUT2D eigenvalue weighted by Gasteiger charge is -2.07. The molecule has 0 heterocycles. The lowest BCUT2D eigenvalue weighted by Crippen LogP contribution is -2.17. The number of nitro benzene ring substituents is 1. The second-order valence-electron chi connectivity index (χ2n) is 4.62. The summed E-state index contributed by atoms with van der Waals surface area (Å²) >= 11 is 4.43. The van der Waals surface area contributed by atoms with Crippen LogP contribution in [0.1, 0.15) is 15.9 Å². The molecule has 0 atom stereocenters. The van der Waals surface area contributed by atoms with Crippen molar-refractivity contribution in [2.24, 2.45) is 5.10 Å². The van der Waals surface area contributed by atoms with Gasteiger partial charge in [0.15, 0.2) is 0 Å². The fourth-order valence-electron chi connectivity index (χ4n) is 1.90. The summed E-state index contributed by atoms with van der Waals surface area (Å²) in [6.45, 7) is 0. The molecule has 0 saturated carbocycles. The van der Waals surface area contributed by atoms with Gasteiger partial charge in [0.1, 0.15) is 0 Å². The molecule has 0 spiro atoms. The molecular formula is C15H12I2N4O3. The number of nitrogens with zero attached hydrogens (tertiary/aromatic N) is 2. The fraction of sp³-hybridized carbons (Fsp3) is 0.0667. The summed E-state index contributed by atoms with van der Waals surface area (Å²) < 4.78 is 2.07. The maximum atomic E-state index is 12.0. The fourth-order valence-corrected chi connectivity index (χ4v) is 4.25. The number of hydrogen-bond acceptors (Lipinski definition) is 5. The molecule has 24 heavy (non-hydrogen) atoms. The quantitative estimate of drug-likeness (QED) is 0.258. The molecule has 2 rings (SSSR count). The number of nitrogens with one attached hydrogen (secondary N) is 2. The lowest BCUT2D eigenvalue weighted by molar-refractivity contribution is -0.384. The predicted molar refractivity (Wildman–Crippen MR) is 110 cm³/mol. The number of carbonyl (C=O) groups is 1. The average molecular weight is 550 g/mol. The molecule has 2 aromatic rings. The Bertz CT molecular complexity index is 801. The van der Waals surface area contributed by atoms with Crippen LogP contribution in [0.4, 0.5) is 11.4 Å². The van der Waals surface area contributed by atoms with Crippen LogP contribution >= 0.6 is 45.2 Å². The first kappa shape index (κ1) is 18.6. The number of carbonyl (C=O) groups excluding carboxylic acids is 1. The molecule has 0 unspecified atom stereocenters. The first-order valence-corrected chi connectivity index (χ1v) is 8.82. The zero-order valence-corrected chi connectivity index (χ0v) is 16.7. The number of hydrogen-bond donors (Lipinski definition) is 2. The molecule has 0 bridgehead atoms. The molecule has 2 aromatic carbocycles. The van der Waals surface area contributed by atoms with E-state index in [0.29, 0.717) is 0 Å². The van der Waals surface area contributed by atoms with Gasteiger partial charge in [-0.05, 0) is 68.9 Å². The Kier molecular flexibility index (Phi) is 6.48. The Balaban J connectivity index is 2.10. The number of benzene rings is 2. The van der Waals surface area contributed by atoms with E-state index < -0.39 is 10.8 Å². The number of anilines is 1. The van der Waals surface area contributed by atoms with Gasteiger partial charge in [-0.2, -0.15) is 5.10 Å². The van der Waals surface area contributed by atoms with Crippen molar-refractivity contribution in [1.29, 1.82) is 0 Å². The van der Waals surface area contributed by atoms with Gasteiger partial charge in [-0.1, -0.05) is 6.07 Å². The van der Waals surface area contributed by atoms with Crippen LogP contribution in [0.3, 0.4) is 0 Å². The maximum Gasteiger partial charge on any atom is 0.271 e. The number of nitro groups is 1. The van der Waals surface area contributed by atoms with E-state index in [1.807, 2.05) is 19.2 Å².